The van der Waals surface area contributed by atoms with Gasteiger partial charge < -0.3 is 14.5 Å². The molecule has 0 bridgehead atoms. The predicted octanol–water partition coefficient (Wildman–Crippen LogP) is 7.40. The van der Waals surface area contributed by atoms with E-state index in [1.54, 1.807) is 0 Å². The monoisotopic (exact) mass is 467 g/mol. The number of hydrogen-bond acceptors (Lipinski definition) is 2. The lowest BCUT2D eigenvalue weighted by atomic mass is 10.0. The molecule has 0 aromatic carbocycles. The van der Waals surface area contributed by atoms with Gasteiger partial charge in [-0.2, -0.15) is 0 Å². The van der Waals surface area contributed by atoms with Gasteiger partial charge in [0.25, 0.3) is 5.91 Å². The van der Waals surface area contributed by atoms with E-state index in [4.69, 9.17) is 4.74 Å². The zero-order chi connectivity index (χ0) is 23.9. The van der Waals surface area contributed by atoms with Crippen LogP contribution in [-0.2, 0) is 9.53 Å². The summed E-state index contributed by atoms with van der Waals surface area (Å²) in [7, 11) is 2.22. The number of unbranched alkanes of at least 4 members (excludes halogenated alkanes) is 15. The van der Waals surface area contributed by atoms with Gasteiger partial charge in [-0.15, -0.1) is 0 Å². The lowest BCUT2D eigenvalue weighted by molar-refractivity contribution is -0.906. The quantitative estimate of drug-likeness (QED) is 0.126. The Morgan fingerprint density at radius 1 is 0.667 bits per heavy atom. The minimum atomic E-state index is 0.206. The maximum absolute atomic E-state index is 12.1. The van der Waals surface area contributed by atoms with Crippen LogP contribution in [0.25, 0.3) is 0 Å². The number of likely N-dealkylation sites (tertiary alicyclic amines) is 1. The molecule has 1 aliphatic rings. The summed E-state index contributed by atoms with van der Waals surface area (Å²) in [6.45, 7) is 7.62. The van der Waals surface area contributed by atoms with Gasteiger partial charge in [0.1, 0.15) is 0 Å². The molecule has 0 saturated carbocycles. The topological polar surface area (TPSA) is 38.3 Å². The summed E-state index contributed by atoms with van der Waals surface area (Å²) < 4.78 is 6.67. The summed E-state index contributed by atoms with van der Waals surface area (Å²) in [6, 6.07) is 0. The Labute approximate surface area is 207 Å². The molecule has 1 aliphatic heterocycles. The molecule has 0 aromatic rings. The molecule has 0 unspecified atom stereocenters. The number of carbonyl (C=O) groups is 1. The molecular weight excluding hydrogens is 408 g/mol. The van der Waals surface area contributed by atoms with Gasteiger partial charge in [0.05, 0.1) is 20.1 Å². The number of ether oxygens (including phenoxy) is 1. The minimum absolute atomic E-state index is 0.206. The SMILES string of the molecule is CCCCCCCCCCCCCCCCCCOCCCNC(=O)C[N+]1(C)CCCCC1. The molecule has 1 saturated heterocycles. The van der Waals surface area contributed by atoms with Gasteiger partial charge in [0, 0.05) is 19.8 Å². The van der Waals surface area contributed by atoms with Crippen LogP contribution in [0, 0.1) is 0 Å². The molecule has 1 amide bonds. The van der Waals surface area contributed by atoms with E-state index in [1.165, 1.54) is 122 Å². The minimum Gasteiger partial charge on any atom is -0.381 e. The molecule has 0 atom stereocenters. The molecule has 0 aliphatic carbocycles. The molecule has 0 spiro atoms. The predicted molar refractivity (Wildman–Crippen MR) is 143 cm³/mol. The van der Waals surface area contributed by atoms with Crippen molar-refractivity contribution < 1.29 is 14.0 Å². The smallest absolute Gasteiger partial charge is 0.275 e. The Morgan fingerprint density at radius 2 is 1.12 bits per heavy atom. The van der Waals surface area contributed by atoms with Crippen molar-refractivity contribution in [2.75, 3.05) is 46.4 Å². The van der Waals surface area contributed by atoms with Crippen LogP contribution in [0.5, 0.6) is 0 Å². The third-order valence-electron chi connectivity index (χ3n) is 7.35. The number of hydrogen-bond donors (Lipinski definition) is 1. The molecule has 33 heavy (non-hydrogen) atoms. The van der Waals surface area contributed by atoms with Gasteiger partial charge in [-0.3, -0.25) is 4.79 Å². The number of carbonyl (C=O) groups excluding carboxylic acids is 1. The standard InChI is InChI=1S/C29H58N2O2/c1-3-4-5-6-7-8-9-10-11-12-13-14-15-16-17-21-26-33-27-22-23-30-29(32)28-31(2)24-19-18-20-25-31/h3-28H2,1-2H3/p+1. The highest BCUT2D eigenvalue weighted by Gasteiger charge is 2.27. The third-order valence-corrected chi connectivity index (χ3v) is 7.35. The van der Waals surface area contributed by atoms with Crippen LogP contribution in [0.3, 0.4) is 0 Å². The van der Waals surface area contributed by atoms with Crippen LogP contribution in [0.15, 0.2) is 0 Å². The summed E-state index contributed by atoms with van der Waals surface area (Å²) in [6.07, 6.45) is 27.2. The Hall–Kier alpha value is -0.610. The normalized spacial score (nSPS) is 15.6. The summed E-state index contributed by atoms with van der Waals surface area (Å²) in [5.74, 6) is 0.206. The number of piperidine rings is 1. The van der Waals surface area contributed by atoms with Crippen LogP contribution in [-0.4, -0.2) is 56.8 Å². The average Bonchev–Trinajstić information content (AvgIpc) is 2.80. The largest absolute Gasteiger partial charge is 0.381 e. The fraction of sp³-hybridized carbons (Fsp3) is 0.966. The number of quaternary nitrogens is 1. The van der Waals surface area contributed by atoms with Crippen molar-refractivity contribution in [3.8, 4) is 0 Å². The van der Waals surface area contributed by atoms with Crippen molar-refractivity contribution in [2.24, 2.45) is 0 Å². The maximum atomic E-state index is 12.1. The van der Waals surface area contributed by atoms with Crippen molar-refractivity contribution in [2.45, 2.75) is 135 Å². The van der Waals surface area contributed by atoms with E-state index in [0.29, 0.717) is 6.54 Å². The van der Waals surface area contributed by atoms with E-state index in [2.05, 4.69) is 19.3 Å². The van der Waals surface area contributed by atoms with Gasteiger partial charge in [-0.25, -0.2) is 0 Å². The van der Waals surface area contributed by atoms with Gasteiger partial charge >= 0.3 is 0 Å². The van der Waals surface area contributed by atoms with E-state index in [1.807, 2.05) is 0 Å². The second-order valence-corrected chi connectivity index (χ2v) is 10.9. The lowest BCUT2D eigenvalue weighted by Crippen LogP contribution is -2.53. The van der Waals surface area contributed by atoms with Crippen LogP contribution >= 0.6 is 0 Å². The highest BCUT2D eigenvalue weighted by molar-refractivity contribution is 5.77. The van der Waals surface area contributed by atoms with Crippen molar-refractivity contribution in [1.82, 2.24) is 5.32 Å². The molecule has 1 heterocycles. The fourth-order valence-corrected chi connectivity index (χ4v) is 5.09. The Kier molecular flexibility index (Phi) is 20.2. The van der Waals surface area contributed by atoms with Crippen molar-refractivity contribution in [3.63, 3.8) is 0 Å². The number of nitrogens with zero attached hydrogens (tertiary/aromatic N) is 1. The average molecular weight is 468 g/mol. The van der Waals surface area contributed by atoms with E-state index in [9.17, 15) is 4.79 Å². The molecule has 196 valence electrons. The molecule has 4 heteroatoms. The molecule has 0 radical (unpaired) electrons. The zero-order valence-electron chi connectivity index (χ0n) is 22.6. The van der Waals surface area contributed by atoms with Gasteiger partial charge in [0.15, 0.2) is 6.54 Å². The zero-order valence-corrected chi connectivity index (χ0v) is 22.6. The molecular formula is C29H59N2O2+. The fourth-order valence-electron chi connectivity index (χ4n) is 5.09. The molecule has 1 N–H and O–H groups in total. The van der Waals surface area contributed by atoms with Crippen molar-refractivity contribution in [3.05, 3.63) is 0 Å². The van der Waals surface area contributed by atoms with Gasteiger partial charge in [-0.1, -0.05) is 103 Å². The van der Waals surface area contributed by atoms with Crippen molar-refractivity contribution in [1.29, 1.82) is 0 Å². The molecule has 4 nitrogen and oxygen atoms in total. The third kappa shape index (κ3) is 19.4. The molecule has 1 rings (SSSR count). The van der Waals surface area contributed by atoms with Crippen LogP contribution in [0.4, 0.5) is 0 Å². The summed E-state index contributed by atoms with van der Waals surface area (Å²) in [5.41, 5.74) is 0. The van der Waals surface area contributed by atoms with E-state index in [0.717, 1.165) is 43.8 Å². The number of amides is 1. The summed E-state index contributed by atoms with van der Waals surface area (Å²) in [5, 5.41) is 3.08. The van der Waals surface area contributed by atoms with E-state index in [-0.39, 0.29) is 5.91 Å². The van der Waals surface area contributed by atoms with Crippen LogP contribution in [0.1, 0.15) is 135 Å². The first kappa shape index (κ1) is 30.4. The van der Waals surface area contributed by atoms with Gasteiger partial charge in [-0.05, 0) is 32.1 Å². The summed E-state index contributed by atoms with van der Waals surface area (Å²) in [4.78, 5) is 12.1. The Bertz CT molecular complexity index is 435. The number of rotatable bonds is 23. The second-order valence-electron chi connectivity index (χ2n) is 10.9. The lowest BCUT2D eigenvalue weighted by Gasteiger charge is -2.37. The maximum Gasteiger partial charge on any atom is 0.275 e. The van der Waals surface area contributed by atoms with Gasteiger partial charge in [0.2, 0.25) is 0 Å². The number of nitrogens with one attached hydrogen (secondary N) is 1. The van der Waals surface area contributed by atoms with Crippen LogP contribution in [0.2, 0.25) is 0 Å². The Balaban J connectivity index is 1.72. The molecule has 1 fully saturated rings. The first-order valence-electron chi connectivity index (χ1n) is 14.8. The highest BCUT2D eigenvalue weighted by atomic mass is 16.5. The van der Waals surface area contributed by atoms with E-state index >= 15 is 0 Å². The van der Waals surface area contributed by atoms with Crippen LogP contribution < -0.4 is 5.32 Å². The first-order chi connectivity index (χ1) is 16.2. The number of likely N-dealkylation sites (N-methyl/N-ethyl adjacent to an activating group) is 1. The summed E-state index contributed by atoms with van der Waals surface area (Å²) >= 11 is 0. The van der Waals surface area contributed by atoms with E-state index < -0.39 is 0 Å². The highest BCUT2D eigenvalue weighted by Crippen LogP contribution is 2.16. The van der Waals surface area contributed by atoms with Crippen molar-refractivity contribution >= 4 is 5.91 Å². The first-order valence-corrected chi connectivity index (χ1v) is 14.8. The molecule has 0 aromatic heterocycles. The Morgan fingerprint density at radius 3 is 1.64 bits per heavy atom. The second kappa shape index (κ2) is 21.9.